The summed E-state index contributed by atoms with van der Waals surface area (Å²) in [6.07, 6.45) is 39.0. The van der Waals surface area contributed by atoms with Gasteiger partial charge in [0.15, 0.2) is 0 Å². The number of rotatable bonds is 26. The minimum Gasteiger partial charge on any atom is -0.450 e. The molecule has 0 aromatic heterocycles. The average Bonchev–Trinajstić information content (AvgIpc) is 2.85. The Labute approximate surface area is 228 Å². The van der Waals surface area contributed by atoms with Gasteiger partial charge in [0.1, 0.15) is 0 Å². The molecule has 0 atom stereocenters. The van der Waals surface area contributed by atoms with Crippen molar-refractivity contribution in [3.8, 4) is 0 Å². The minimum atomic E-state index is -1.83. The van der Waals surface area contributed by atoms with Crippen LogP contribution in [0.2, 0.25) is 0 Å². The van der Waals surface area contributed by atoms with Gasteiger partial charge in [-0.15, -0.1) is 0 Å². The molecule has 0 radical (unpaired) electrons. The van der Waals surface area contributed by atoms with Gasteiger partial charge in [-0.1, -0.05) is 207 Å². The van der Waals surface area contributed by atoms with Crippen LogP contribution in [0.3, 0.4) is 0 Å². The fraction of sp³-hybridized carbons (Fsp3) is 0.970. The van der Waals surface area contributed by atoms with Gasteiger partial charge in [0.25, 0.3) is 0 Å². The van der Waals surface area contributed by atoms with Gasteiger partial charge < -0.3 is 10.2 Å². The van der Waals surface area contributed by atoms with Gasteiger partial charge in [-0.3, -0.25) is 0 Å². The quantitative estimate of drug-likeness (QED) is 0.113. The molecule has 0 unspecified atom stereocenters. The first-order valence-electron chi connectivity index (χ1n) is 16.5. The predicted molar refractivity (Wildman–Crippen MR) is 163 cm³/mol. The molecule has 0 saturated heterocycles. The van der Waals surface area contributed by atoms with Crippen LogP contribution in [0, 0.1) is 0 Å². The Hall–Kier alpha value is -0.730. The molecule has 0 aromatic carbocycles. The van der Waals surface area contributed by atoms with E-state index in [9.17, 15) is 0 Å². The normalized spacial score (nSPS) is 10.3. The van der Waals surface area contributed by atoms with Gasteiger partial charge in [-0.05, 0) is 0 Å². The Morgan fingerprint density at radius 1 is 0.306 bits per heavy atom. The third-order valence-corrected chi connectivity index (χ3v) is 6.91. The highest BCUT2D eigenvalue weighted by molar-refractivity contribution is 5.53. The van der Waals surface area contributed by atoms with Gasteiger partial charge in [0, 0.05) is 0 Å². The molecule has 3 nitrogen and oxygen atoms in total. The molecule has 0 aliphatic carbocycles. The molecule has 0 fully saturated rings. The van der Waals surface area contributed by atoms with Gasteiger partial charge >= 0.3 is 6.16 Å². The van der Waals surface area contributed by atoms with Crippen molar-refractivity contribution >= 4 is 6.16 Å². The molecule has 0 aliphatic heterocycles. The zero-order valence-electron chi connectivity index (χ0n) is 25.6. The summed E-state index contributed by atoms with van der Waals surface area (Å²) in [6.45, 7) is 9.16. The number of carbonyl (C=O) groups is 1. The van der Waals surface area contributed by atoms with Crippen LogP contribution in [-0.4, -0.2) is 16.4 Å². The maximum atomic E-state index is 8.56. The lowest BCUT2D eigenvalue weighted by atomic mass is 10.0. The topological polar surface area (TPSA) is 57.5 Å². The van der Waals surface area contributed by atoms with Gasteiger partial charge in [0.05, 0.1) is 0 Å². The van der Waals surface area contributed by atoms with E-state index in [1.54, 1.807) is 0 Å². The molecule has 220 valence electrons. The number of hydrogen-bond acceptors (Lipinski definition) is 1. The molecule has 0 amide bonds. The molecule has 0 heterocycles. The van der Waals surface area contributed by atoms with E-state index in [-0.39, 0.29) is 0 Å². The maximum Gasteiger partial charge on any atom is 0.503 e. The molecule has 3 heteroatoms. The van der Waals surface area contributed by atoms with Crippen LogP contribution in [0.15, 0.2) is 0 Å². The Morgan fingerprint density at radius 2 is 0.389 bits per heavy atom. The summed E-state index contributed by atoms with van der Waals surface area (Å²) in [5.74, 6) is 0. The van der Waals surface area contributed by atoms with Crippen molar-refractivity contribution in [1.82, 2.24) is 0 Å². The summed E-state index contributed by atoms with van der Waals surface area (Å²) in [6, 6.07) is 0. The number of unbranched alkanes of at least 4 members (excludes halogenated alkanes) is 26. The van der Waals surface area contributed by atoms with Crippen molar-refractivity contribution in [1.29, 1.82) is 0 Å². The molecule has 0 aliphatic rings. The molecule has 36 heavy (non-hydrogen) atoms. The summed E-state index contributed by atoms with van der Waals surface area (Å²) < 4.78 is 0. The fourth-order valence-corrected chi connectivity index (χ4v) is 4.54. The largest absolute Gasteiger partial charge is 0.503 e. The van der Waals surface area contributed by atoms with E-state index in [4.69, 9.17) is 15.0 Å². The standard InChI is InChI=1S/2C16H34.CH2O3/c2*1-3-5-7-9-11-13-15-16-14-12-10-8-6-4-2;2-1(3)4/h2*3-16H2,1-2H3;(H2,2,3,4). The Kier molecular flexibility index (Phi) is 45.7. The van der Waals surface area contributed by atoms with E-state index in [2.05, 4.69) is 27.7 Å². The first-order valence-corrected chi connectivity index (χ1v) is 16.5. The van der Waals surface area contributed by atoms with E-state index in [0.717, 1.165) is 0 Å². The predicted octanol–water partition coefficient (Wildman–Crippen LogP) is 13.2. The van der Waals surface area contributed by atoms with Crippen molar-refractivity contribution in [2.75, 3.05) is 0 Å². The Balaban J connectivity index is -0.000000526. The zero-order valence-corrected chi connectivity index (χ0v) is 25.6. The molecule has 0 bridgehead atoms. The number of carboxylic acid groups (broad SMARTS) is 2. The SMILES string of the molecule is CCCCCCCCCCCCCCCC.CCCCCCCCCCCCCCCC.O=C(O)O. The second kappa shape index (κ2) is 41.4. The van der Waals surface area contributed by atoms with E-state index in [0.29, 0.717) is 0 Å². The van der Waals surface area contributed by atoms with Crippen molar-refractivity contribution in [2.45, 2.75) is 207 Å². The highest BCUT2D eigenvalue weighted by Gasteiger charge is 1.94. The van der Waals surface area contributed by atoms with Crippen LogP contribution < -0.4 is 0 Å². The molecular formula is C33H70O3. The lowest BCUT2D eigenvalue weighted by Crippen LogP contribution is -1.82. The van der Waals surface area contributed by atoms with E-state index in [1.165, 1.54) is 180 Å². The minimum absolute atomic E-state index is 1.37. The highest BCUT2D eigenvalue weighted by atomic mass is 16.6. The molecule has 0 saturated carbocycles. The second-order valence-electron chi connectivity index (χ2n) is 10.8. The Bertz CT molecular complexity index is 297. The lowest BCUT2D eigenvalue weighted by Gasteiger charge is -2.02. The summed E-state index contributed by atoms with van der Waals surface area (Å²) in [4.78, 5) is 8.56. The summed E-state index contributed by atoms with van der Waals surface area (Å²) in [5, 5.41) is 13.9. The molecule has 0 spiro atoms. The maximum absolute atomic E-state index is 8.56. The van der Waals surface area contributed by atoms with Gasteiger partial charge in [0.2, 0.25) is 0 Å². The smallest absolute Gasteiger partial charge is 0.450 e. The summed E-state index contributed by atoms with van der Waals surface area (Å²) in [7, 11) is 0. The first-order chi connectivity index (χ1) is 17.6. The lowest BCUT2D eigenvalue weighted by molar-refractivity contribution is 0.137. The molecular weight excluding hydrogens is 444 g/mol. The van der Waals surface area contributed by atoms with Crippen molar-refractivity contribution in [3.05, 3.63) is 0 Å². The number of hydrogen-bond donors (Lipinski definition) is 2. The highest BCUT2D eigenvalue weighted by Crippen LogP contribution is 2.13. The monoisotopic (exact) mass is 515 g/mol. The van der Waals surface area contributed by atoms with Crippen LogP contribution in [0.5, 0.6) is 0 Å². The average molecular weight is 515 g/mol. The van der Waals surface area contributed by atoms with Crippen LogP contribution in [0.25, 0.3) is 0 Å². The molecule has 2 N–H and O–H groups in total. The third-order valence-electron chi connectivity index (χ3n) is 6.91. The zero-order chi connectivity index (χ0) is 27.4. The van der Waals surface area contributed by atoms with E-state index >= 15 is 0 Å². The Morgan fingerprint density at radius 3 is 0.472 bits per heavy atom. The van der Waals surface area contributed by atoms with Crippen LogP contribution in [-0.2, 0) is 0 Å². The second-order valence-corrected chi connectivity index (χ2v) is 10.8. The summed E-state index contributed by atoms with van der Waals surface area (Å²) in [5.41, 5.74) is 0. The molecule has 0 rings (SSSR count). The van der Waals surface area contributed by atoms with Crippen molar-refractivity contribution in [2.24, 2.45) is 0 Å². The van der Waals surface area contributed by atoms with Gasteiger partial charge in [-0.25, -0.2) is 4.79 Å². The van der Waals surface area contributed by atoms with Crippen LogP contribution in [0.1, 0.15) is 207 Å². The summed E-state index contributed by atoms with van der Waals surface area (Å²) >= 11 is 0. The van der Waals surface area contributed by atoms with E-state index < -0.39 is 6.16 Å². The van der Waals surface area contributed by atoms with Crippen LogP contribution in [0.4, 0.5) is 4.79 Å². The van der Waals surface area contributed by atoms with Crippen LogP contribution >= 0.6 is 0 Å². The first kappa shape index (κ1) is 39.8. The van der Waals surface area contributed by atoms with Gasteiger partial charge in [-0.2, -0.15) is 0 Å². The van der Waals surface area contributed by atoms with E-state index in [1.807, 2.05) is 0 Å². The molecule has 0 aromatic rings. The van der Waals surface area contributed by atoms with Crippen molar-refractivity contribution in [3.63, 3.8) is 0 Å². The third kappa shape index (κ3) is 54.3. The fourth-order valence-electron chi connectivity index (χ4n) is 4.54. The van der Waals surface area contributed by atoms with Crippen molar-refractivity contribution < 1.29 is 15.0 Å².